The number of nitrogens with zero attached hydrogens (tertiary/aromatic N) is 14. The summed E-state index contributed by atoms with van der Waals surface area (Å²) in [6.07, 6.45) is 24.1. The third-order valence-corrected chi connectivity index (χ3v) is 10.6. The monoisotopic (exact) mass is 1020 g/mol. The molecule has 0 saturated heterocycles. The van der Waals surface area contributed by atoms with Crippen molar-refractivity contribution in [3.8, 4) is 0 Å². The van der Waals surface area contributed by atoms with Crippen LogP contribution in [0.1, 0.15) is 0 Å². The number of hydrogen-bond acceptors (Lipinski definition) is 14. The van der Waals surface area contributed by atoms with Crippen LogP contribution in [-0.2, 0) is 0 Å². The van der Waals surface area contributed by atoms with Crippen LogP contribution < -0.4 is 39.0 Å². The van der Waals surface area contributed by atoms with E-state index < -0.39 is 0 Å². The summed E-state index contributed by atoms with van der Waals surface area (Å²) in [7, 11) is 0. The van der Waals surface area contributed by atoms with E-state index in [4.69, 9.17) is 0 Å². The molecule has 0 amide bonds. The minimum Gasteiger partial charge on any atom is -0.281 e. The van der Waals surface area contributed by atoms with E-state index in [1.807, 2.05) is 60.7 Å². The predicted octanol–water partition coefficient (Wildman–Crippen LogP) is 4.86. The Bertz CT molecular complexity index is 3830. The number of fused-ring (bicyclic) bond motifs is 7. The van der Waals surface area contributed by atoms with Crippen LogP contribution in [0.15, 0.2) is 290 Å². The van der Waals surface area contributed by atoms with Crippen molar-refractivity contribution in [1.29, 1.82) is 0 Å². The molecule has 14 heterocycles. The van der Waals surface area contributed by atoms with Crippen LogP contribution in [0.3, 0.4) is 0 Å². The smallest absolute Gasteiger partial charge is 0.281 e. The van der Waals surface area contributed by atoms with Gasteiger partial charge < -0.3 is 0 Å². The van der Waals surface area contributed by atoms with Gasteiger partial charge in [0.25, 0.3) is 33.4 Å². The molecular weight excluding hydrogens is 981 g/mol. The molecule has 0 aromatic carbocycles. The minimum atomic E-state index is -0.233. The fraction of sp³-hybridized carbons (Fsp3) is 0. The lowest BCUT2D eigenvalue weighted by Gasteiger charge is -1.95. The molecule has 0 fully saturated rings. The summed E-state index contributed by atoms with van der Waals surface area (Å²) in [5.41, 5.74) is 4.97. The predicted molar refractivity (Wildman–Crippen MR) is 290 cm³/mol. The van der Waals surface area contributed by atoms with Gasteiger partial charge in [-0.15, -0.1) is 0 Å². The summed E-state index contributed by atoms with van der Waals surface area (Å²) < 4.78 is 10.5. The van der Waals surface area contributed by atoms with Crippen LogP contribution in [0.5, 0.6) is 0 Å². The van der Waals surface area contributed by atoms with Crippen LogP contribution in [0.4, 0.5) is 0 Å². The Balaban J connectivity index is 0.000000119. The van der Waals surface area contributed by atoms with Gasteiger partial charge in [0, 0.05) is 98.5 Å². The van der Waals surface area contributed by atoms with Crippen LogP contribution in [0.2, 0.25) is 0 Å². The summed E-state index contributed by atoms with van der Waals surface area (Å²) in [4.78, 5) is 101. The molecule has 0 spiro atoms. The number of aromatic nitrogens is 14. The van der Waals surface area contributed by atoms with E-state index in [1.165, 1.54) is 77.4 Å². The summed E-state index contributed by atoms with van der Waals surface area (Å²) in [5.74, 6) is 0. The first-order valence-corrected chi connectivity index (χ1v) is 23.1. The molecule has 77 heavy (non-hydrogen) atoms. The Labute approximate surface area is 432 Å². The fourth-order valence-electron chi connectivity index (χ4n) is 6.98. The highest BCUT2D eigenvalue weighted by atomic mass is 16.2. The Kier molecular flexibility index (Phi) is 17.4. The third-order valence-electron chi connectivity index (χ3n) is 10.6. The highest BCUT2D eigenvalue weighted by Gasteiger charge is 1.96. The molecule has 0 saturated carbocycles. The summed E-state index contributed by atoms with van der Waals surface area (Å²) >= 11 is 0. The standard InChI is InChI=1S/7C8H6N2O/c11-8-5-1-3-7-4-2-6-9-10(7)8;11-8-4-1-3-7-9-5-2-6-10(7)8;11-8-3-1-2-7-6-9-4-5-10(7)8;11-8-3-1-2-7-4-5-9-6-10(7)8;11-8-4-5-9-7-3-1-2-6-10(7)8;11-8-9-5-4-7-3-1-2-6-10(7)8;11-8-6-9-5-7-3-1-2-4-10(7)8/h7*1-6H. The van der Waals surface area contributed by atoms with Crippen molar-refractivity contribution in [2.75, 3.05) is 0 Å². The van der Waals surface area contributed by atoms with E-state index in [1.54, 1.807) is 150 Å². The molecule has 0 bridgehead atoms. The minimum absolute atomic E-state index is 0.0232. The van der Waals surface area contributed by atoms with E-state index in [9.17, 15) is 33.6 Å². The maximum absolute atomic E-state index is 11.1. The van der Waals surface area contributed by atoms with Gasteiger partial charge in [0.05, 0.1) is 46.2 Å². The van der Waals surface area contributed by atoms with Crippen molar-refractivity contribution < 1.29 is 0 Å². The molecule has 378 valence electrons. The van der Waals surface area contributed by atoms with E-state index in [2.05, 4.69) is 35.0 Å². The van der Waals surface area contributed by atoms with Crippen LogP contribution in [0, 0.1) is 0 Å². The van der Waals surface area contributed by atoms with E-state index >= 15 is 0 Å². The second kappa shape index (κ2) is 25.8. The van der Waals surface area contributed by atoms with E-state index in [-0.39, 0.29) is 39.0 Å². The largest absolute Gasteiger partial charge is 0.352 e. The third kappa shape index (κ3) is 13.7. The van der Waals surface area contributed by atoms with Gasteiger partial charge in [-0.1, -0.05) is 42.5 Å². The molecule has 21 heteroatoms. The van der Waals surface area contributed by atoms with Crippen molar-refractivity contribution in [3.05, 3.63) is 329 Å². The molecule has 0 aliphatic rings. The molecule has 0 aliphatic carbocycles. The molecule has 0 radical (unpaired) electrons. The Morgan fingerprint density at radius 1 is 0.273 bits per heavy atom. The fourth-order valence-corrected chi connectivity index (χ4v) is 6.98. The zero-order valence-corrected chi connectivity index (χ0v) is 40.4. The van der Waals surface area contributed by atoms with Crippen molar-refractivity contribution in [2.24, 2.45) is 0 Å². The molecular formula is C56H42N14O7. The molecule has 14 aromatic heterocycles. The van der Waals surface area contributed by atoms with Crippen molar-refractivity contribution in [1.82, 2.24) is 65.9 Å². The van der Waals surface area contributed by atoms with Crippen LogP contribution in [-0.4, -0.2) is 65.9 Å². The van der Waals surface area contributed by atoms with Gasteiger partial charge in [0.2, 0.25) is 0 Å². The van der Waals surface area contributed by atoms with Gasteiger partial charge in [-0.25, -0.2) is 24.7 Å². The van der Waals surface area contributed by atoms with Crippen LogP contribution in [0.25, 0.3) is 38.9 Å². The summed E-state index contributed by atoms with van der Waals surface area (Å²) in [6, 6.07) is 47.2. The number of rotatable bonds is 0. The Morgan fingerprint density at radius 2 is 0.779 bits per heavy atom. The second-order valence-electron chi connectivity index (χ2n) is 15.6. The average Bonchev–Trinajstić information content (AvgIpc) is 3.47. The zero-order valence-electron chi connectivity index (χ0n) is 40.4. The first-order valence-electron chi connectivity index (χ1n) is 23.1. The molecule has 21 nitrogen and oxygen atoms in total. The SMILES string of the molecule is O=c1cccc2cccnn12.O=c1cccc2ccncn12.O=c1cccc2cnccn12.O=c1cccc2ncccn12.O=c1ccnc2ccccn12.O=c1cncc2ccccn12.O=c1nccc2ccccn12. The average molecular weight is 1020 g/mol. The Hall–Kier alpha value is -11.5. The second-order valence-corrected chi connectivity index (χ2v) is 15.6. The van der Waals surface area contributed by atoms with Crippen LogP contribution >= 0.6 is 0 Å². The van der Waals surface area contributed by atoms with Gasteiger partial charge in [0.15, 0.2) is 0 Å². The number of pyridine rings is 7. The van der Waals surface area contributed by atoms with Crippen molar-refractivity contribution >= 4 is 38.9 Å². The van der Waals surface area contributed by atoms with Crippen molar-refractivity contribution in [3.63, 3.8) is 0 Å². The molecule has 0 N–H and O–H groups in total. The quantitative estimate of drug-likeness (QED) is 0.197. The summed E-state index contributed by atoms with van der Waals surface area (Å²) in [6.45, 7) is 0. The normalized spacial score (nSPS) is 10.2. The van der Waals surface area contributed by atoms with Gasteiger partial charge in [0.1, 0.15) is 17.6 Å². The lowest BCUT2D eigenvalue weighted by atomic mass is 10.4. The van der Waals surface area contributed by atoms with Crippen molar-refractivity contribution in [2.45, 2.75) is 0 Å². The number of hydrogen-bond donors (Lipinski definition) is 0. The van der Waals surface area contributed by atoms with Gasteiger partial charge in [-0.2, -0.15) is 9.61 Å². The highest BCUT2D eigenvalue weighted by Crippen LogP contribution is 1.99. The molecule has 14 rings (SSSR count). The molecule has 0 unspecified atom stereocenters. The molecule has 14 aromatic rings. The maximum Gasteiger partial charge on any atom is 0.352 e. The lowest BCUT2D eigenvalue weighted by Crippen LogP contribution is -2.14. The molecule has 0 atom stereocenters. The maximum atomic E-state index is 11.1. The first kappa shape index (κ1) is 51.9. The Morgan fingerprint density at radius 3 is 1.49 bits per heavy atom. The van der Waals surface area contributed by atoms with Gasteiger partial charge in [-0.05, 0) is 91.0 Å². The summed E-state index contributed by atoms with van der Waals surface area (Å²) in [5, 5.41) is 3.88. The first-order chi connectivity index (χ1) is 37.6. The van der Waals surface area contributed by atoms with E-state index in [0.717, 1.165) is 27.6 Å². The molecule has 0 aliphatic heterocycles. The lowest BCUT2D eigenvalue weighted by molar-refractivity contribution is 0.888. The van der Waals surface area contributed by atoms with Gasteiger partial charge >= 0.3 is 5.69 Å². The topological polar surface area (TPSA) is 241 Å². The zero-order chi connectivity index (χ0) is 53.8. The highest BCUT2D eigenvalue weighted by molar-refractivity contribution is 5.46. The van der Waals surface area contributed by atoms with Gasteiger partial charge in [-0.3, -0.25) is 65.1 Å². The van der Waals surface area contributed by atoms with E-state index in [0.29, 0.717) is 11.3 Å².